The van der Waals surface area contributed by atoms with Crippen LogP contribution in [0.5, 0.6) is 5.75 Å². The van der Waals surface area contributed by atoms with Crippen LogP contribution >= 0.6 is 0 Å². The summed E-state index contributed by atoms with van der Waals surface area (Å²) in [7, 11) is 1.47. The van der Waals surface area contributed by atoms with E-state index in [1.54, 1.807) is 24.5 Å². The molecule has 0 saturated carbocycles. The monoisotopic (exact) mass is 266 g/mol. The number of carboxylic acid groups (broad SMARTS) is 1. The van der Waals surface area contributed by atoms with Crippen molar-refractivity contribution in [2.24, 2.45) is 0 Å². The van der Waals surface area contributed by atoms with E-state index in [4.69, 9.17) is 9.84 Å². The molecule has 0 bridgehead atoms. The lowest BCUT2D eigenvalue weighted by Crippen LogP contribution is -2.51. The molecule has 6 heteroatoms. The highest BCUT2D eigenvalue weighted by atomic mass is 16.5. The number of hydrogen-bond donors (Lipinski definition) is 1. The molecule has 0 aliphatic heterocycles. The molecule has 0 aliphatic carbocycles. The van der Waals surface area contributed by atoms with Crippen molar-refractivity contribution >= 4 is 11.9 Å². The fourth-order valence-electron chi connectivity index (χ4n) is 1.31. The Labute approximate surface area is 112 Å². The van der Waals surface area contributed by atoms with Crippen LogP contribution in [0.1, 0.15) is 20.3 Å². The second kappa shape index (κ2) is 6.17. The van der Waals surface area contributed by atoms with E-state index in [0.717, 1.165) is 0 Å². The van der Waals surface area contributed by atoms with Crippen LogP contribution in [-0.4, -0.2) is 46.1 Å². The molecule has 1 aromatic heterocycles. The number of rotatable bonds is 6. The summed E-state index contributed by atoms with van der Waals surface area (Å²) in [6, 6.07) is 3.47. The molecule has 0 spiro atoms. The van der Waals surface area contributed by atoms with E-state index in [-0.39, 0.29) is 18.9 Å². The van der Waals surface area contributed by atoms with Crippen LogP contribution in [0.15, 0.2) is 24.5 Å². The van der Waals surface area contributed by atoms with Gasteiger partial charge in [0.2, 0.25) is 5.91 Å². The molecule has 0 saturated heterocycles. The maximum absolute atomic E-state index is 11.9. The van der Waals surface area contributed by atoms with Crippen LogP contribution in [-0.2, 0) is 9.59 Å². The Bertz CT molecular complexity index is 445. The fraction of sp³-hybridized carbons (Fsp3) is 0.462. The summed E-state index contributed by atoms with van der Waals surface area (Å²) < 4.78 is 5.34. The molecule has 1 heterocycles. The summed E-state index contributed by atoms with van der Waals surface area (Å²) >= 11 is 0. The molecule has 0 radical (unpaired) electrons. The molecular weight excluding hydrogens is 248 g/mol. The van der Waals surface area contributed by atoms with Crippen LogP contribution in [0.3, 0.4) is 0 Å². The minimum absolute atomic E-state index is 0.113. The molecule has 1 N–H and O–H groups in total. The quantitative estimate of drug-likeness (QED) is 0.836. The van der Waals surface area contributed by atoms with Crippen LogP contribution in [0.25, 0.3) is 0 Å². The number of carboxylic acids is 1. The Morgan fingerprint density at radius 1 is 1.47 bits per heavy atom. The van der Waals surface area contributed by atoms with Crippen LogP contribution < -0.4 is 4.74 Å². The third kappa shape index (κ3) is 3.94. The van der Waals surface area contributed by atoms with Gasteiger partial charge in [-0.3, -0.25) is 9.78 Å². The summed E-state index contributed by atoms with van der Waals surface area (Å²) in [5.41, 5.74) is -1.23. The van der Waals surface area contributed by atoms with Gasteiger partial charge >= 0.3 is 5.97 Å². The Hall–Kier alpha value is -2.11. The van der Waals surface area contributed by atoms with Crippen molar-refractivity contribution in [3.05, 3.63) is 24.5 Å². The number of nitrogens with zero attached hydrogens (tertiary/aromatic N) is 2. The molecule has 1 amide bonds. The van der Waals surface area contributed by atoms with Crippen LogP contribution in [0, 0.1) is 0 Å². The maximum atomic E-state index is 11.9. The maximum Gasteiger partial charge on any atom is 0.329 e. The fourth-order valence-corrected chi connectivity index (χ4v) is 1.31. The molecule has 0 aromatic carbocycles. The van der Waals surface area contributed by atoms with Gasteiger partial charge in [0.15, 0.2) is 0 Å². The van der Waals surface area contributed by atoms with Crippen molar-refractivity contribution in [2.75, 3.05) is 13.7 Å². The predicted octanol–water partition coefficient (Wildman–Crippen LogP) is 1.17. The van der Waals surface area contributed by atoms with Gasteiger partial charge < -0.3 is 14.7 Å². The zero-order valence-corrected chi connectivity index (χ0v) is 11.3. The highest BCUT2D eigenvalue weighted by Crippen LogP contribution is 2.14. The second-order valence-corrected chi connectivity index (χ2v) is 4.60. The standard InChI is InChI=1S/C13H18N2O4/c1-13(2,12(17)18)15(3)11(16)6-8-19-10-5-4-7-14-9-10/h4-5,7,9H,6,8H2,1-3H3,(H,17,18). The lowest BCUT2D eigenvalue weighted by molar-refractivity contribution is -0.155. The Kier molecular flexibility index (Phi) is 4.86. The van der Waals surface area contributed by atoms with E-state index >= 15 is 0 Å². The van der Waals surface area contributed by atoms with Gasteiger partial charge in [-0.25, -0.2) is 4.79 Å². The van der Waals surface area contributed by atoms with Gasteiger partial charge in [-0.15, -0.1) is 0 Å². The van der Waals surface area contributed by atoms with Crippen molar-refractivity contribution in [3.63, 3.8) is 0 Å². The Morgan fingerprint density at radius 3 is 2.68 bits per heavy atom. The van der Waals surface area contributed by atoms with Crippen molar-refractivity contribution in [1.29, 1.82) is 0 Å². The number of carbonyl (C=O) groups is 2. The van der Waals surface area contributed by atoms with Crippen molar-refractivity contribution < 1.29 is 19.4 Å². The first kappa shape index (κ1) is 14.9. The van der Waals surface area contributed by atoms with Gasteiger partial charge in [0.25, 0.3) is 0 Å². The summed E-state index contributed by atoms with van der Waals surface area (Å²) in [5, 5.41) is 9.03. The molecule has 0 fully saturated rings. The summed E-state index contributed by atoms with van der Waals surface area (Å²) in [6.07, 6.45) is 3.29. The lowest BCUT2D eigenvalue weighted by atomic mass is 10.0. The normalized spacial score (nSPS) is 10.9. The van der Waals surface area contributed by atoms with Crippen molar-refractivity contribution in [3.8, 4) is 5.75 Å². The van der Waals surface area contributed by atoms with Gasteiger partial charge in [-0.2, -0.15) is 0 Å². The van der Waals surface area contributed by atoms with E-state index in [1.165, 1.54) is 25.8 Å². The van der Waals surface area contributed by atoms with E-state index < -0.39 is 11.5 Å². The zero-order valence-electron chi connectivity index (χ0n) is 11.3. The Morgan fingerprint density at radius 2 is 2.16 bits per heavy atom. The summed E-state index contributed by atoms with van der Waals surface area (Å²) in [4.78, 5) is 28.0. The minimum Gasteiger partial charge on any atom is -0.491 e. The number of likely N-dealkylation sites (N-methyl/N-ethyl adjacent to an activating group) is 1. The smallest absolute Gasteiger partial charge is 0.329 e. The first-order chi connectivity index (χ1) is 8.85. The van der Waals surface area contributed by atoms with Gasteiger partial charge in [-0.1, -0.05) is 0 Å². The molecule has 0 unspecified atom stereocenters. The molecular formula is C13H18N2O4. The molecule has 1 aromatic rings. The van der Waals surface area contributed by atoms with Gasteiger partial charge in [-0.05, 0) is 26.0 Å². The van der Waals surface area contributed by atoms with Gasteiger partial charge in [0.1, 0.15) is 11.3 Å². The molecule has 0 atom stereocenters. The van der Waals surface area contributed by atoms with Gasteiger partial charge in [0.05, 0.1) is 19.2 Å². The SMILES string of the molecule is CN(C(=O)CCOc1cccnc1)C(C)(C)C(=O)O. The molecule has 0 aliphatic rings. The first-order valence-corrected chi connectivity index (χ1v) is 5.88. The van der Waals surface area contributed by atoms with E-state index in [1.807, 2.05) is 0 Å². The van der Waals surface area contributed by atoms with E-state index in [9.17, 15) is 9.59 Å². The van der Waals surface area contributed by atoms with Crippen LogP contribution in [0.4, 0.5) is 0 Å². The average molecular weight is 266 g/mol. The molecule has 6 nitrogen and oxygen atoms in total. The summed E-state index contributed by atoms with van der Waals surface area (Å²) in [5.74, 6) is -0.747. The second-order valence-electron chi connectivity index (χ2n) is 4.60. The molecule has 19 heavy (non-hydrogen) atoms. The van der Waals surface area contributed by atoms with E-state index in [2.05, 4.69) is 4.98 Å². The number of hydrogen-bond acceptors (Lipinski definition) is 4. The third-order valence-corrected chi connectivity index (χ3v) is 2.96. The van der Waals surface area contributed by atoms with Gasteiger partial charge in [0, 0.05) is 13.2 Å². The number of aliphatic carboxylic acids is 1. The minimum atomic E-state index is -1.23. The molecule has 104 valence electrons. The number of aromatic nitrogens is 1. The molecule has 1 rings (SSSR count). The highest BCUT2D eigenvalue weighted by Gasteiger charge is 2.34. The predicted molar refractivity (Wildman–Crippen MR) is 68.8 cm³/mol. The topological polar surface area (TPSA) is 79.7 Å². The lowest BCUT2D eigenvalue weighted by Gasteiger charge is -2.31. The highest BCUT2D eigenvalue weighted by molar-refractivity contribution is 5.86. The first-order valence-electron chi connectivity index (χ1n) is 5.88. The van der Waals surface area contributed by atoms with Crippen LogP contribution in [0.2, 0.25) is 0 Å². The summed E-state index contributed by atoms with van der Waals surface area (Å²) in [6.45, 7) is 3.15. The average Bonchev–Trinajstić information content (AvgIpc) is 2.38. The number of amides is 1. The van der Waals surface area contributed by atoms with Crippen molar-refractivity contribution in [2.45, 2.75) is 25.8 Å². The largest absolute Gasteiger partial charge is 0.491 e. The number of pyridine rings is 1. The number of ether oxygens (including phenoxy) is 1. The van der Waals surface area contributed by atoms with E-state index in [0.29, 0.717) is 5.75 Å². The third-order valence-electron chi connectivity index (χ3n) is 2.96. The van der Waals surface area contributed by atoms with Crippen molar-refractivity contribution in [1.82, 2.24) is 9.88 Å². The Balaban J connectivity index is 2.46. The zero-order chi connectivity index (χ0) is 14.5. The number of carbonyl (C=O) groups excluding carboxylic acids is 1.